The summed E-state index contributed by atoms with van der Waals surface area (Å²) >= 11 is 1.43. The van der Waals surface area contributed by atoms with Gasteiger partial charge in [0.25, 0.3) is 0 Å². The van der Waals surface area contributed by atoms with Crippen molar-refractivity contribution >= 4 is 17.1 Å². The van der Waals surface area contributed by atoms with Gasteiger partial charge in [-0.3, -0.25) is 4.79 Å². The molecule has 0 unspecified atom stereocenters. The number of benzene rings is 1. The molecule has 3 nitrogen and oxygen atoms in total. The Balaban J connectivity index is 2.59. The third-order valence-electron chi connectivity index (χ3n) is 3.00. The Morgan fingerprint density at radius 1 is 1.21 bits per heavy atom. The lowest BCUT2D eigenvalue weighted by Gasteiger charge is -2.11. The van der Waals surface area contributed by atoms with Crippen molar-refractivity contribution in [1.82, 2.24) is 4.98 Å². The Morgan fingerprint density at radius 2 is 1.89 bits per heavy atom. The maximum absolute atomic E-state index is 12.7. The first-order chi connectivity index (χ1) is 8.93. The third-order valence-corrected chi connectivity index (χ3v) is 4.07. The summed E-state index contributed by atoms with van der Waals surface area (Å²) in [7, 11) is 1.59. The number of ketones is 1. The monoisotopic (exact) mass is 275 g/mol. The van der Waals surface area contributed by atoms with Crippen LogP contribution in [-0.4, -0.2) is 17.9 Å². The van der Waals surface area contributed by atoms with Crippen molar-refractivity contribution in [3.8, 4) is 5.75 Å². The fraction of sp³-hybridized carbons (Fsp3) is 0.333. The Morgan fingerprint density at radius 3 is 2.42 bits per heavy atom. The van der Waals surface area contributed by atoms with Gasteiger partial charge in [-0.15, -0.1) is 11.3 Å². The molecule has 0 atom stereocenters. The molecule has 1 aromatic carbocycles. The molecular formula is C15H17NO2S. The van der Waals surface area contributed by atoms with Crippen LogP contribution in [0.3, 0.4) is 0 Å². The van der Waals surface area contributed by atoms with Crippen molar-refractivity contribution in [2.24, 2.45) is 0 Å². The van der Waals surface area contributed by atoms with Crippen LogP contribution < -0.4 is 4.74 Å². The summed E-state index contributed by atoms with van der Waals surface area (Å²) in [5.74, 6) is 0.630. The minimum absolute atomic E-state index is 0.00236. The normalized spacial score (nSPS) is 10.6. The van der Waals surface area contributed by atoms with E-state index in [0.29, 0.717) is 16.2 Å². The maximum Gasteiger partial charge on any atom is 0.208 e. The molecule has 2 aromatic rings. The lowest BCUT2D eigenvalue weighted by molar-refractivity contribution is 0.103. The number of carbonyl (C=O) groups is 1. The molecule has 0 N–H and O–H groups in total. The van der Waals surface area contributed by atoms with Gasteiger partial charge in [0.1, 0.15) is 5.75 Å². The number of methoxy groups -OCH3 is 1. The molecule has 19 heavy (non-hydrogen) atoms. The summed E-state index contributed by atoms with van der Waals surface area (Å²) in [5, 5.41) is 0.907. The summed E-state index contributed by atoms with van der Waals surface area (Å²) in [6, 6.07) is 3.89. The van der Waals surface area contributed by atoms with E-state index in [4.69, 9.17) is 4.74 Å². The first-order valence-electron chi connectivity index (χ1n) is 6.08. The molecule has 1 heterocycles. The summed E-state index contributed by atoms with van der Waals surface area (Å²) in [6.45, 7) is 7.71. The molecule has 0 amide bonds. The van der Waals surface area contributed by atoms with Crippen LogP contribution in [-0.2, 0) is 0 Å². The van der Waals surface area contributed by atoms with Gasteiger partial charge in [0.05, 0.1) is 28.3 Å². The van der Waals surface area contributed by atoms with Crippen LogP contribution in [0.4, 0.5) is 0 Å². The molecule has 100 valence electrons. The largest absolute Gasteiger partial charge is 0.496 e. The molecule has 0 aliphatic heterocycles. The molecule has 0 saturated heterocycles. The lowest BCUT2D eigenvalue weighted by Crippen LogP contribution is -2.06. The van der Waals surface area contributed by atoms with Gasteiger partial charge >= 0.3 is 0 Å². The topological polar surface area (TPSA) is 39.2 Å². The van der Waals surface area contributed by atoms with Crippen LogP contribution in [0.15, 0.2) is 12.1 Å². The second kappa shape index (κ2) is 5.13. The van der Waals surface area contributed by atoms with E-state index in [9.17, 15) is 4.79 Å². The van der Waals surface area contributed by atoms with Gasteiger partial charge in [0.2, 0.25) is 5.78 Å². The molecule has 0 spiro atoms. The minimum Gasteiger partial charge on any atom is -0.496 e. The molecular weight excluding hydrogens is 258 g/mol. The highest BCUT2D eigenvalue weighted by Gasteiger charge is 2.21. The highest BCUT2D eigenvalue weighted by Crippen LogP contribution is 2.29. The lowest BCUT2D eigenvalue weighted by atomic mass is 9.99. The van der Waals surface area contributed by atoms with E-state index < -0.39 is 0 Å². The molecule has 0 bridgehead atoms. The molecule has 0 saturated carbocycles. The van der Waals surface area contributed by atoms with Gasteiger partial charge in [0.15, 0.2) is 0 Å². The second-order valence-electron chi connectivity index (χ2n) is 4.64. The molecule has 4 heteroatoms. The Hall–Kier alpha value is -1.68. The maximum atomic E-state index is 12.7. The second-order valence-corrected chi connectivity index (χ2v) is 5.84. The van der Waals surface area contributed by atoms with E-state index in [1.807, 2.05) is 39.8 Å². The summed E-state index contributed by atoms with van der Waals surface area (Å²) < 4.78 is 5.36. The number of aromatic nitrogens is 1. The third kappa shape index (κ3) is 2.54. The molecule has 0 radical (unpaired) electrons. The number of carbonyl (C=O) groups excluding carboxylic acids is 1. The highest BCUT2D eigenvalue weighted by atomic mass is 32.1. The molecule has 1 aromatic heterocycles. The Kier molecular flexibility index (Phi) is 3.71. The van der Waals surface area contributed by atoms with Crippen LogP contribution in [0.25, 0.3) is 0 Å². The van der Waals surface area contributed by atoms with Crippen LogP contribution >= 0.6 is 11.3 Å². The van der Waals surface area contributed by atoms with Crippen molar-refractivity contribution in [1.29, 1.82) is 0 Å². The molecule has 2 rings (SSSR count). The van der Waals surface area contributed by atoms with Crippen molar-refractivity contribution in [2.75, 3.05) is 7.11 Å². The number of aryl methyl sites for hydroxylation is 4. The smallest absolute Gasteiger partial charge is 0.208 e. The van der Waals surface area contributed by atoms with Gasteiger partial charge in [-0.2, -0.15) is 0 Å². The van der Waals surface area contributed by atoms with E-state index >= 15 is 0 Å². The van der Waals surface area contributed by atoms with Gasteiger partial charge in [-0.05, 0) is 44.9 Å². The summed E-state index contributed by atoms with van der Waals surface area (Å²) in [5.41, 5.74) is 3.45. The van der Waals surface area contributed by atoms with Gasteiger partial charge in [-0.1, -0.05) is 6.07 Å². The van der Waals surface area contributed by atoms with Crippen molar-refractivity contribution < 1.29 is 9.53 Å². The highest BCUT2D eigenvalue weighted by molar-refractivity contribution is 7.14. The zero-order chi connectivity index (χ0) is 14.2. The first kappa shape index (κ1) is 13.7. The fourth-order valence-electron chi connectivity index (χ4n) is 2.24. The number of hydrogen-bond acceptors (Lipinski definition) is 4. The minimum atomic E-state index is -0.00236. The number of thiazole rings is 1. The van der Waals surface area contributed by atoms with E-state index in [1.54, 1.807) is 7.11 Å². The van der Waals surface area contributed by atoms with Gasteiger partial charge < -0.3 is 4.74 Å². The van der Waals surface area contributed by atoms with Crippen molar-refractivity contribution in [3.63, 3.8) is 0 Å². The van der Waals surface area contributed by atoms with E-state index in [1.165, 1.54) is 11.3 Å². The van der Waals surface area contributed by atoms with E-state index in [0.717, 1.165) is 21.8 Å². The standard InChI is InChI=1S/C15H17NO2S/c1-8-6-9(2)13(12(7-8)18-5)14(17)15-10(3)16-11(4)19-15/h6-7H,1-5H3. The number of nitrogens with zero attached hydrogens (tertiary/aromatic N) is 1. The fourth-order valence-corrected chi connectivity index (χ4v) is 3.10. The van der Waals surface area contributed by atoms with Crippen LogP contribution in [0.1, 0.15) is 37.1 Å². The average Bonchev–Trinajstić information content (AvgIpc) is 2.66. The molecule has 0 aliphatic rings. The Bertz CT molecular complexity index is 644. The van der Waals surface area contributed by atoms with Crippen molar-refractivity contribution in [3.05, 3.63) is 44.4 Å². The van der Waals surface area contributed by atoms with E-state index in [-0.39, 0.29) is 5.78 Å². The van der Waals surface area contributed by atoms with Crippen LogP contribution in [0, 0.1) is 27.7 Å². The zero-order valence-electron chi connectivity index (χ0n) is 11.8. The van der Waals surface area contributed by atoms with Crippen LogP contribution in [0.2, 0.25) is 0 Å². The first-order valence-corrected chi connectivity index (χ1v) is 6.89. The number of rotatable bonds is 3. The predicted octanol–water partition coefficient (Wildman–Crippen LogP) is 3.62. The number of hydrogen-bond donors (Lipinski definition) is 0. The molecule has 0 aliphatic carbocycles. The quantitative estimate of drug-likeness (QED) is 0.803. The zero-order valence-corrected chi connectivity index (χ0v) is 12.6. The van der Waals surface area contributed by atoms with Gasteiger partial charge in [0, 0.05) is 0 Å². The van der Waals surface area contributed by atoms with Crippen molar-refractivity contribution in [2.45, 2.75) is 27.7 Å². The van der Waals surface area contributed by atoms with Gasteiger partial charge in [-0.25, -0.2) is 4.98 Å². The molecule has 0 fully saturated rings. The SMILES string of the molecule is COc1cc(C)cc(C)c1C(=O)c1sc(C)nc1C. The summed E-state index contributed by atoms with van der Waals surface area (Å²) in [4.78, 5) is 17.7. The summed E-state index contributed by atoms with van der Waals surface area (Å²) in [6.07, 6.45) is 0. The Labute approximate surface area is 117 Å². The van der Waals surface area contributed by atoms with E-state index in [2.05, 4.69) is 4.98 Å². The van der Waals surface area contributed by atoms with Crippen LogP contribution in [0.5, 0.6) is 5.75 Å². The number of ether oxygens (including phenoxy) is 1. The predicted molar refractivity (Wildman–Crippen MR) is 77.5 cm³/mol. The average molecular weight is 275 g/mol.